The quantitative estimate of drug-likeness (QED) is 0.575. The zero-order chi connectivity index (χ0) is 22.5. The van der Waals surface area contributed by atoms with Crippen LogP contribution in [0.1, 0.15) is 11.5 Å². The highest BCUT2D eigenvalue weighted by Gasteiger charge is 2.39. The summed E-state index contributed by atoms with van der Waals surface area (Å²) in [6.07, 6.45) is 0. The number of likely N-dealkylation sites (tertiary alicyclic amines) is 1. The van der Waals surface area contributed by atoms with Crippen molar-refractivity contribution in [1.82, 2.24) is 14.2 Å². The summed E-state index contributed by atoms with van der Waals surface area (Å²) in [4.78, 5) is 18.8. The SMILES string of the molecule is O=C([C@@H](CO)c1ccc(F)cc1)N1CC(=C2CN(S(=O)(=O)c3ccc4ncsc4c3)C2)C1. The molecule has 32 heavy (non-hydrogen) atoms. The van der Waals surface area contributed by atoms with Crippen molar-refractivity contribution in [3.05, 3.63) is 70.5 Å². The number of fused-ring (bicyclic) bond motifs is 1. The van der Waals surface area contributed by atoms with E-state index in [2.05, 4.69) is 4.98 Å². The Morgan fingerprint density at radius 3 is 2.47 bits per heavy atom. The van der Waals surface area contributed by atoms with Gasteiger partial charge in [-0.25, -0.2) is 17.8 Å². The molecule has 10 heteroatoms. The van der Waals surface area contributed by atoms with E-state index in [0.717, 1.165) is 21.4 Å². The van der Waals surface area contributed by atoms with Crippen LogP contribution in [0.3, 0.4) is 0 Å². The van der Waals surface area contributed by atoms with Gasteiger partial charge in [0.25, 0.3) is 0 Å². The molecule has 1 amide bonds. The number of carbonyl (C=O) groups is 1. The average Bonchev–Trinajstić information content (AvgIpc) is 3.18. The second-order valence-corrected chi connectivity index (χ2v) is 10.8. The van der Waals surface area contributed by atoms with Crippen molar-refractivity contribution in [1.29, 1.82) is 0 Å². The number of benzene rings is 2. The summed E-state index contributed by atoms with van der Waals surface area (Å²) in [6.45, 7) is 1.13. The summed E-state index contributed by atoms with van der Waals surface area (Å²) in [7, 11) is -3.58. The van der Waals surface area contributed by atoms with Crippen LogP contribution in [0.4, 0.5) is 4.39 Å². The third-order valence-corrected chi connectivity index (χ3v) is 8.58. The number of thiazole rings is 1. The predicted octanol–water partition coefficient (Wildman–Crippen LogP) is 2.35. The van der Waals surface area contributed by atoms with Gasteiger partial charge in [0, 0.05) is 26.2 Å². The van der Waals surface area contributed by atoms with Crippen molar-refractivity contribution in [2.75, 3.05) is 32.8 Å². The van der Waals surface area contributed by atoms with Gasteiger partial charge >= 0.3 is 0 Å². The Morgan fingerprint density at radius 1 is 1.09 bits per heavy atom. The molecule has 1 N–H and O–H groups in total. The van der Waals surface area contributed by atoms with Gasteiger partial charge in [0.15, 0.2) is 0 Å². The highest BCUT2D eigenvalue weighted by molar-refractivity contribution is 7.89. The number of hydrogen-bond acceptors (Lipinski definition) is 6. The third-order valence-electron chi connectivity index (χ3n) is 6.00. The molecule has 1 atom stereocenters. The van der Waals surface area contributed by atoms with E-state index in [1.54, 1.807) is 28.6 Å². The fourth-order valence-electron chi connectivity index (χ4n) is 3.95. The van der Waals surface area contributed by atoms with Crippen LogP contribution in [0.25, 0.3) is 10.2 Å². The van der Waals surface area contributed by atoms with Crippen LogP contribution in [0.15, 0.2) is 64.0 Å². The molecule has 5 rings (SSSR count). The topological polar surface area (TPSA) is 90.8 Å². The van der Waals surface area contributed by atoms with E-state index in [-0.39, 0.29) is 17.4 Å². The van der Waals surface area contributed by atoms with E-state index in [1.165, 1.54) is 39.9 Å². The molecule has 0 aliphatic carbocycles. The van der Waals surface area contributed by atoms with E-state index in [4.69, 9.17) is 0 Å². The van der Waals surface area contributed by atoms with Gasteiger partial charge in [-0.1, -0.05) is 12.1 Å². The van der Waals surface area contributed by atoms with E-state index in [0.29, 0.717) is 31.7 Å². The van der Waals surface area contributed by atoms with Crippen LogP contribution >= 0.6 is 11.3 Å². The molecule has 2 aliphatic heterocycles. The van der Waals surface area contributed by atoms with Crippen LogP contribution in [0, 0.1) is 5.82 Å². The second kappa shape index (κ2) is 8.04. The first-order valence-corrected chi connectivity index (χ1v) is 12.4. The Kier molecular flexibility index (Phi) is 5.32. The molecule has 2 aromatic carbocycles. The van der Waals surface area contributed by atoms with Gasteiger partial charge in [0.2, 0.25) is 15.9 Å². The fourth-order valence-corrected chi connectivity index (χ4v) is 6.20. The number of carbonyl (C=O) groups excluding carboxylic acids is 1. The first-order valence-electron chi connectivity index (χ1n) is 10.0. The molecule has 1 aromatic heterocycles. The van der Waals surface area contributed by atoms with Crippen molar-refractivity contribution in [2.45, 2.75) is 10.8 Å². The van der Waals surface area contributed by atoms with Crippen molar-refractivity contribution in [3.8, 4) is 0 Å². The van der Waals surface area contributed by atoms with E-state index in [9.17, 15) is 22.7 Å². The van der Waals surface area contributed by atoms with Gasteiger partial charge in [-0.15, -0.1) is 11.3 Å². The Morgan fingerprint density at radius 2 is 1.78 bits per heavy atom. The Bertz CT molecular complexity index is 1320. The zero-order valence-corrected chi connectivity index (χ0v) is 18.6. The van der Waals surface area contributed by atoms with Gasteiger partial charge in [-0.2, -0.15) is 4.31 Å². The molecule has 3 aromatic rings. The molecule has 0 spiro atoms. The third kappa shape index (κ3) is 3.62. The summed E-state index contributed by atoms with van der Waals surface area (Å²) < 4.78 is 41.2. The molecule has 2 saturated heterocycles. The molecule has 0 saturated carbocycles. The Labute approximate surface area is 188 Å². The molecule has 2 aliphatic rings. The number of halogens is 1. The maximum absolute atomic E-state index is 13.1. The molecule has 7 nitrogen and oxygen atoms in total. The van der Waals surface area contributed by atoms with Gasteiger partial charge in [0.05, 0.1) is 33.1 Å². The Balaban J connectivity index is 1.22. The highest BCUT2D eigenvalue weighted by Crippen LogP contribution is 2.33. The van der Waals surface area contributed by atoms with Crippen LogP contribution < -0.4 is 0 Å². The van der Waals surface area contributed by atoms with Crippen LogP contribution in [-0.4, -0.2) is 66.4 Å². The van der Waals surface area contributed by atoms with Gasteiger partial charge in [0.1, 0.15) is 5.82 Å². The molecule has 2 fully saturated rings. The number of sulfonamides is 1. The molecule has 3 heterocycles. The maximum atomic E-state index is 13.1. The minimum Gasteiger partial charge on any atom is -0.395 e. The first kappa shape index (κ1) is 21.2. The lowest BCUT2D eigenvalue weighted by molar-refractivity contribution is -0.135. The lowest BCUT2D eigenvalue weighted by Gasteiger charge is -2.42. The van der Waals surface area contributed by atoms with Crippen molar-refractivity contribution >= 4 is 37.5 Å². The highest BCUT2D eigenvalue weighted by atomic mass is 32.2. The average molecular weight is 474 g/mol. The van der Waals surface area contributed by atoms with Crippen molar-refractivity contribution in [3.63, 3.8) is 0 Å². The van der Waals surface area contributed by atoms with Crippen LogP contribution in [0.2, 0.25) is 0 Å². The minimum atomic E-state index is -3.58. The second-order valence-electron chi connectivity index (χ2n) is 7.94. The lowest BCUT2D eigenvalue weighted by Crippen LogP contribution is -2.52. The van der Waals surface area contributed by atoms with E-state index >= 15 is 0 Å². The predicted molar refractivity (Wildman–Crippen MR) is 118 cm³/mol. The summed E-state index contributed by atoms with van der Waals surface area (Å²) in [5, 5.41) is 9.68. The van der Waals surface area contributed by atoms with E-state index in [1.807, 2.05) is 0 Å². The number of rotatable bonds is 5. The molecule has 0 radical (unpaired) electrons. The number of aromatic nitrogens is 1. The lowest BCUT2D eigenvalue weighted by atomic mass is 9.92. The number of aliphatic hydroxyl groups is 1. The Hall–Kier alpha value is -2.66. The smallest absolute Gasteiger partial charge is 0.243 e. The van der Waals surface area contributed by atoms with Gasteiger partial charge < -0.3 is 10.0 Å². The molecule has 166 valence electrons. The monoisotopic (exact) mass is 473 g/mol. The first-order chi connectivity index (χ1) is 15.4. The molecular weight excluding hydrogens is 453 g/mol. The minimum absolute atomic E-state index is 0.217. The van der Waals surface area contributed by atoms with Crippen LogP contribution in [0.5, 0.6) is 0 Å². The number of aliphatic hydroxyl groups excluding tert-OH is 1. The molecule has 0 unspecified atom stereocenters. The van der Waals surface area contributed by atoms with Gasteiger partial charge in [-0.3, -0.25) is 4.79 Å². The van der Waals surface area contributed by atoms with Crippen molar-refractivity contribution in [2.24, 2.45) is 0 Å². The molecular formula is C22H20FN3O4S2. The fraction of sp³-hybridized carbons (Fsp3) is 0.273. The molecule has 0 bridgehead atoms. The maximum Gasteiger partial charge on any atom is 0.243 e. The van der Waals surface area contributed by atoms with Crippen molar-refractivity contribution < 1.29 is 22.7 Å². The summed E-state index contributed by atoms with van der Waals surface area (Å²) in [6, 6.07) is 10.5. The van der Waals surface area contributed by atoms with E-state index < -0.39 is 21.8 Å². The summed E-state index contributed by atoms with van der Waals surface area (Å²) in [5.74, 6) is -1.35. The van der Waals surface area contributed by atoms with Gasteiger partial charge in [-0.05, 0) is 47.0 Å². The largest absolute Gasteiger partial charge is 0.395 e. The normalized spacial score (nSPS) is 17.9. The zero-order valence-electron chi connectivity index (χ0n) is 16.9. The summed E-state index contributed by atoms with van der Waals surface area (Å²) in [5.41, 5.74) is 5.12. The number of hydrogen-bond donors (Lipinski definition) is 1. The van der Waals surface area contributed by atoms with Crippen LogP contribution in [-0.2, 0) is 14.8 Å². The standard InChI is InChI=1S/C22H20FN3O4S2/c23-17-3-1-14(2-4-17)19(12-27)22(28)25-8-15(9-25)16-10-26(11-16)32(29,30)18-5-6-20-21(7-18)31-13-24-20/h1-7,13,19,27H,8-12H2/t19-/m0/s1. The number of amides is 1. The summed E-state index contributed by atoms with van der Waals surface area (Å²) >= 11 is 1.40. The number of nitrogens with zero attached hydrogens (tertiary/aromatic N) is 3.